The lowest BCUT2D eigenvalue weighted by Gasteiger charge is -2.23. The van der Waals surface area contributed by atoms with E-state index < -0.39 is 12.1 Å². The highest BCUT2D eigenvalue weighted by Gasteiger charge is 2.34. The molecule has 5 nitrogen and oxygen atoms in total. The molecule has 1 aromatic rings. The van der Waals surface area contributed by atoms with Crippen molar-refractivity contribution in [2.24, 2.45) is 5.92 Å². The molecule has 2 amide bonds. The number of rotatable bonds is 7. The minimum absolute atomic E-state index is 0.00790. The number of carbonyl (C=O) groups excluding carboxylic acids is 2. The topological polar surface area (TPSA) is 78.4 Å². The van der Waals surface area contributed by atoms with Crippen LogP contribution in [0.25, 0.3) is 0 Å². The Bertz CT molecular complexity index is 578. The maximum Gasteiger partial charge on any atom is 0.245 e. The summed E-state index contributed by atoms with van der Waals surface area (Å²) in [6, 6.07) is 1.04. The first kappa shape index (κ1) is 17.9. The van der Waals surface area contributed by atoms with E-state index in [4.69, 9.17) is 0 Å². The monoisotopic (exact) mass is 338 g/mol. The van der Waals surface area contributed by atoms with E-state index in [-0.39, 0.29) is 23.8 Å². The molecular formula is C17H26N2O3S. The smallest absolute Gasteiger partial charge is 0.245 e. The van der Waals surface area contributed by atoms with Gasteiger partial charge in [0.15, 0.2) is 0 Å². The van der Waals surface area contributed by atoms with Gasteiger partial charge >= 0.3 is 0 Å². The first-order valence-electron chi connectivity index (χ1n) is 8.21. The standard InChI is InChI=1S/C17H26N2O3S/c1-5-13-9(2)8-14(23-13)10(3)18-17(22)15(11(4)20)19-16(21)12-6-7-12/h8,10-12,15,20H,5-7H2,1-4H3,(H,18,22)(H,19,21). The van der Waals surface area contributed by atoms with Crippen LogP contribution in [0.1, 0.15) is 55.0 Å². The van der Waals surface area contributed by atoms with E-state index in [0.29, 0.717) is 0 Å². The fraction of sp³-hybridized carbons (Fsp3) is 0.647. The summed E-state index contributed by atoms with van der Waals surface area (Å²) in [5.41, 5.74) is 1.24. The number of hydrogen-bond donors (Lipinski definition) is 3. The number of aryl methyl sites for hydroxylation is 2. The van der Waals surface area contributed by atoms with Gasteiger partial charge in [-0.1, -0.05) is 6.92 Å². The zero-order chi connectivity index (χ0) is 17.1. The van der Waals surface area contributed by atoms with Crippen molar-refractivity contribution < 1.29 is 14.7 Å². The van der Waals surface area contributed by atoms with Crippen LogP contribution in [-0.2, 0) is 16.0 Å². The molecule has 23 heavy (non-hydrogen) atoms. The lowest BCUT2D eigenvalue weighted by Crippen LogP contribution is -2.53. The molecular weight excluding hydrogens is 312 g/mol. The van der Waals surface area contributed by atoms with Crippen LogP contribution in [0, 0.1) is 12.8 Å². The molecule has 1 fully saturated rings. The summed E-state index contributed by atoms with van der Waals surface area (Å²) in [4.78, 5) is 26.7. The van der Waals surface area contributed by atoms with Crippen molar-refractivity contribution in [3.8, 4) is 0 Å². The average molecular weight is 338 g/mol. The van der Waals surface area contributed by atoms with Crippen LogP contribution in [0.15, 0.2) is 6.07 Å². The second kappa shape index (κ2) is 7.45. The van der Waals surface area contributed by atoms with Gasteiger partial charge in [0.05, 0.1) is 12.1 Å². The molecule has 0 bridgehead atoms. The lowest BCUT2D eigenvalue weighted by molar-refractivity contribution is -0.132. The SMILES string of the molecule is CCc1sc(C(C)NC(=O)C(NC(=O)C2CC2)C(C)O)cc1C. The highest BCUT2D eigenvalue weighted by molar-refractivity contribution is 7.12. The van der Waals surface area contributed by atoms with Crippen molar-refractivity contribution in [1.29, 1.82) is 0 Å². The quantitative estimate of drug-likeness (QED) is 0.712. The van der Waals surface area contributed by atoms with Crippen molar-refractivity contribution in [1.82, 2.24) is 10.6 Å². The number of nitrogens with one attached hydrogen (secondary N) is 2. The zero-order valence-electron chi connectivity index (χ0n) is 14.2. The summed E-state index contributed by atoms with van der Waals surface area (Å²) in [5, 5.41) is 15.4. The molecule has 0 aliphatic heterocycles. The molecule has 3 unspecified atom stereocenters. The Morgan fingerprint density at radius 3 is 2.48 bits per heavy atom. The summed E-state index contributed by atoms with van der Waals surface area (Å²) in [6.07, 6.45) is 1.78. The van der Waals surface area contributed by atoms with E-state index in [0.717, 1.165) is 24.1 Å². The van der Waals surface area contributed by atoms with E-state index in [1.54, 1.807) is 11.3 Å². The number of hydrogen-bond acceptors (Lipinski definition) is 4. The van der Waals surface area contributed by atoms with E-state index in [1.165, 1.54) is 17.4 Å². The molecule has 1 aliphatic rings. The van der Waals surface area contributed by atoms with Gasteiger partial charge in [-0.15, -0.1) is 11.3 Å². The Morgan fingerprint density at radius 1 is 1.35 bits per heavy atom. The minimum atomic E-state index is -0.929. The molecule has 3 atom stereocenters. The van der Waals surface area contributed by atoms with Crippen molar-refractivity contribution in [3.05, 3.63) is 21.4 Å². The normalized spacial score (nSPS) is 18.1. The second-order valence-corrected chi connectivity index (χ2v) is 7.51. The molecule has 2 rings (SSSR count). The number of carbonyl (C=O) groups is 2. The molecule has 1 aliphatic carbocycles. The molecule has 128 valence electrons. The summed E-state index contributed by atoms with van der Waals surface area (Å²) >= 11 is 1.69. The Kier molecular flexibility index (Phi) is 5.81. The Labute approximate surface area is 141 Å². The van der Waals surface area contributed by atoms with Crippen LogP contribution in [0.4, 0.5) is 0 Å². The van der Waals surface area contributed by atoms with E-state index in [2.05, 4.69) is 30.5 Å². The summed E-state index contributed by atoms with van der Waals surface area (Å²) in [7, 11) is 0. The average Bonchev–Trinajstić information content (AvgIpc) is 3.26. The third-order valence-electron chi connectivity index (χ3n) is 4.16. The van der Waals surface area contributed by atoms with Crippen LogP contribution < -0.4 is 10.6 Å². The minimum Gasteiger partial charge on any atom is -0.391 e. The van der Waals surface area contributed by atoms with Gasteiger partial charge in [-0.25, -0.2) is 0 Å². The van der Waals surface area contributed by atoms with Gasteiger partial charge in [0.25, 0.3) is 0 Å². The molecule has 1 aromatic heterocycles. The third-order valence-corrected chi connectivity index (χ3v) is 5.72. The predicted octanol–water partition coefficient (Wildman–Crippen LogP) is 2.07. The molecule has 6 heteroatoms. The highest BCUT2D eigenvalue weighted by atomic mass is 32.1. The highest BCUT2D eigenvalue weighted by Crippen LogP contribution is 2.29. The van der Waals surface area contributed by atoms with E-state index in [1.807, 2.05) is 6.92 Å². The fourth-order valence-electron chi connectivity index (χ4n) is 2.51. The van der Waals surface area contributed by atoms with Crippen LogP contribution in [-0.4, -0.2) is 29.1 Å². The Hall–Kier alpha value is -1.40. The predicted molar refractivity (Wildman–Crippen MR) is 91.3 cm³/mol. The van der Waals surface area contributed by atoms with E-state index in [9.17, 15) is 14.7 Å². The number of thiophene rings is 1. The maximum atomic E-state index is 12.4. The molecule has 1 saturated carbocycles. The van der Waals surface area contributed by atoms with Crippen LogP contribution in [0.3, 0.4) is 0 Å². The van der Waals surface area contributed by atoms with E-state index >= 15 is 0 Å². The van der Waals surface area contributed by atoms with Gasteiger partial charge < -0.3 is 15.7 Å². The van der Waals surface area contributed by atoms with Gasteiger partial charge in [-0.2, -0.15) is 0 Å². The van der Waals surface area contributed by atoms with Crippen molar-refractivity contribution in [2.45, 2.75) is 65.1 Å². The van der Waals surface area contributed by atoms with Gasteiger partial charge in [0.1, 0.15) is 6.04 Å². The van der Waals surface area contributed by atoms with Crippen LogP contribution >= 0.6 is 11.3 Å². The first-order chi connectivity index (χ1) is 10.8. The van der Waals surface area contributed by atoms with Gasteiger partial charge in [-0.05, 0) is 51.7 Å². The Morgan fingerprint density at radius 2 is 2.00 bits per heavy atom. The molecule has 0 radical (unpaired) electrons. The summed E-state index contributed by atoms with van der Waals surface area (Å²) in [5.74, 6) is -0.474. The van der Waals surface area contributed by atoms with Crippen molar-refractivity contribution in [3.63, 3.8) is 0 Å². The maximum absolute atomic E-state index is 12.4. The molecule has 0 spiro atoms. The van der Waals surface area contributed by atoms with Gasteiger partial charge in [0, 0.05) is 15.7 Å². The van der Waals surface area contributed by atoms with Crippen molar-refractivity contribution in [2.75, 3.05) is 0 Å². The molecule has 1 heterocycles. The van der Waals surface area contributed by atoms with Gasteiger partial charge in [0.2, 0.25) is 11.8 Å². The zero-order valence-corrected chi connectivity index (χ0v) is 15.0. The van der Waals surface area contributed by atoms with Crippen molar-refractivity contribution >= 4 is 23.2 Å². The number of aliphatic hydroxyl groups is 1. The molecule has 0 saturated heterocycles. The van der Waals surface area contributed by atoms with Crippen LogP contribution in [0.2, 0.25) is 0 Å². The number of aliphatic hydroxyl groups excluding tert-OH is 1. The molecule has 3 N–H and O–H groups in total. The van der Waals surface area contributed by atoms with Gasteiger partial charge in [-0.3, -0.25) is 9.59 Å². The summed E-state index contributed by atoms with van der Waals surface area (Å²) in [6.45, 7) is 7.63. The lowest BCUT2D eigenvalue weighted by atomic mass is 10.1. The fourth-order valence-corrected chi connectivity index (χ4v) is 3.63. The number of amides is 2. The molecule has 0 aromatic carbocycles. The first-order valence-corrected chi connectivity index (χ1v) is 9.03. The second-order valence-electron chi connectivity index (χ2n) is 6.34. The largest absolute Gasteiger partial charge is 0.391 e. The van der Waals surface area contributed by atoms with Crippen LogP contribution in [0.5, 0.6) is 0 Å². The third kappa shape index (κ3) is 4.54. The summed E-state index contributed by atoms with van der Waals surface area (Å²) < 4.78 is 0. The Balaban J connectivity index is 2.00.